The van der Waals surface area contributed by atoms with Crippen LogP contribution in [-0.2, 0) is 23.4 Å². The molecule has 0 aliphatic carbocycles. The van der Waals surface area contributed by atoms with Crippen LogP contribution in [0.2, 0.25) is 5.02 Å². The van der Waals surface area contributed by atoms with Gasteiger partial charge in [0.05, 0.1) is 11.7 Å². The molecule has 0 atom stereocenters. The third-order valence-corrected chi connectivity index (χ3v) is 4.73. The van der Waals surface area contributed by atoms with Crippen molar-refractivity contribution in [1.82, 2.24) is 24.6 Å². The third-order valence-electron chi connectivity index (χ3n) is 4.48. The first-order chi connectivity index (χ1) is 13.2. The fourth-order valence-electron chi connectivity index (χ4n) is 2.97. The van der Waals surface area contributed by atoms with Gasteiger partial charge in [0.2, 0.25) is 5.91 Å². The Morgan fingerprint density at radius 3 is 2.54 bits per heavy atom. The summed E-state index contributed by atoms with van der Waals surface area (Å²) in [7, 11) is 0. The Morgan fingerprint density at radius 1 is 1.21 bits per heavy atom. The lowest BCUT2D eigenvalue weighted by atomic mass is 10.1. The number of amides is 1. The van der Waals surface area contributed by atoms with E-state index in [0.29, 0.717) is 28.4 Å². The normalized spacial score (nSPS) is 11.8. The predicted molar refractivity (Wildman–Crippen MR) is 109 cm³/mol. The van der Waals surface area contributed by atoms with Gasteiger partial charge in [0.15, 0.2) is 5.65 Å². The lowest BCUT2D eigenvalue weighted by Crippen LogP contribution is -2.29. The summed E-state index contributed by atoms with van der Waals surface area (Å²) in [6.07, 6.45) is 1.74. The molecule has 28 heavy (non-hydrogen) atoms. The van der Waals surface area contributed by atoms with E-state index in [4.69, 9.17) is 11.6 Å². The molecule has 3 aromatic rings. The van der Waals surface area contributed by atoms with E-state index in [1.807, 2.05) is 32.9 Å². The molecule has 0 radical (unpaired) electrons. The number of nitrogens with zero attached hydrogens (tertiary/aromatic N) is 4. The van der Waals surface area contributed by atoms with E-state index >= 15 is 0 Å². The summed E-state index contributed by atoms with van der Waals surface area (Å²) in [4.78, 5) is 29.6. The van der Waals surface area contributed by atoms with Crippen LogP contribution in [0.25, 0.3) is 11.0 Å². The number of carbonyl (C=O) groups excluding carboxylic acids is 1. The van der Waals surface area contributed by atoms with E-state index in [1.165, 1.54) is 4.57 Å². The van der Waals surface area contributed by atoms with Crippen molar-refractivity contribution in [3.63, 3.8) is 0 Å². The van der Waals surface area contributed by atoms with Gasteiger partial charge in [-0.25, -0.2) is 9.67 Å². The van der Waals surface area contributed by atoms with Crippen molar-refractivity contribution in [2.24, 2.45) is 0 Å². The molecule has 148 valence electrons. The highest BCUT2D eigenvalue weighted by Gasteiger charge is 2.21. The highest BCUT2D eigenvalue weighted by Crippen LogP contribution is 2.18. The van der Waals surface area contributed by atoms with Gasteiger partial charge in [-0.2, -0.15) is 5.10 Å². The van der Waals surface area contributed by atoms with Crippen LogP contribution >= 0.6 is 11.6 Å². The zero-order valence-corrected chi connectivity index (χ0v) is 17.2. The highest BCUT2D eigenvalue weighted by molar-refractivity contribution is 6.30. The summed E-state index contributed by atoms with van der Waals surface area (Å²) in [6.45, 7) is 8.47. The number of nitrogens with one attached hydrogen (secondary N) is 1. The first-order valence-electron chi connectivity index (χ1n) is 9.13. The van der Waals surface area contributed by atoms with Crippen molar-refractivity contribution in [2.75, 3.05) is 0 Å². The second kappa shape index (κ2) is 7.75. The molecule has 1 N–H and O–H groups in total. The van der Waals surface area contributed by atoms with Crippen molar-refractivity contribution < 1.29 is 4.79 Å². The van der Waals surface area contributed by atoms with Crippen LogP contribution < -0.4 is 10.9 Å². The summed E-state index contributed by atoms with van der Waals surface area (Å²) in [5, 5.41) is 8.30. The number of aromatic nitrogens is 4. The summed E-state index contributed by atoms with van der Waals surface area (Å²) in [5.74, 6) is 0.431. The minimum absolute atomic E-state index is 0.133. The zero-order chi connectivity index (χ0) is 20.5. The molecule has 0 saturated heterocycles. The Hall–Kier alpha value is -2.67. The van der Waals surface area contributed by atoms with Gasteiger partial charge in [0.25, 0.3) is 5.56 Å². The molecular weight excluding hydrogens is 378 g/mol. The lowest BCUT2D eigenvalue weighted by Gasteiger charge is -2.20. The van der Waals surface area contributed by atoms with E-state index in [-0.39, 0.29) is 30.0 Å². The van der Waals surface area contributed by atoms with Gasteiger partial charge >= 0.3 is 0 Å². The Bertz CT molecular complexity index is 1060. The minimum atomic E-state index is -0.276. The molecule has 0 bridgehead atoms. The van der Waals surface area contributed by atoms with Crippen molar-refractivity contribution >= 4 is 28.5 Å². The van der Waals surface area contributed by atoms with Gasteiger partial charge in [-0.15, -0.1) is 0 Å². The van der Waals surface area contributed by atoms with E-state index in [1.54, 1.807) is 29.9 Å². The number of rotatable bonds is 5. The Kier molecular flexibility index (Phi) is 5.56. The predicted octanol–water partition coefficient (Wildman–Crippen LogP) is 3.02. The van der Waals surface area contributed by atoms with Crippen LogP contribution in [0.15, 0.2) is 35.3 Å². The number of carbonyl (C=O) groups is 1. The zero-order valence-electron chi connectivity index (χ0n) is 16.5. The Morgan fingerprint density at radius 2 is 1.89 bits per heavy atom. The molecule has 0 saturated carbocycles. The summed E-state index contributed by atoms with van der Waals surface area (Å²) in [6, 6.07) is 7.29. The first-order valence-corrected chi connectivity index (χ1v) is 9.51. The molecule has 8 heteroatoms. The molecule has 0 aliphatic rings. The molecule has 7 nitrogen and oxygen atoms in total. The molecular formula is C20H24ClN5O2. The summed E-state index contributed by atoms with van der Waals surface area (Å²) in [5.41, 5.74) is 1.08. The molecule has 0 aliphatic heterocycles. The molecule has 2 aromatic heterocycles. The Labute approximate surface area is 168 Å². The monoisotopic (exact) mass is 401 g/mol. The van der Waals surface area contributed by atoms with E-state index in [0.717, 1.165) is 5.56 Å². The topological polar surface area (TPSA) is 81.8 Å². The number of fused-ring (bicyclic) bond motifs is 1. The van der Waals surface area contributed by atoms with Gasteiger partial charge in [0, 0.05) is 24.5 Å². The highest BCUT2D eigenvalue weighted by atomic mass is 35.5. The maximum Gasteiger partial charge on any atom is 0.264 e. The van der Waals surface area contributed by atoms with Crippen molar-refractivity contribution in [1.29, 1.82) is 0 Å². The van der Waals surface area contributed by atoms with Gasteiger partial charge in [0.1, 0.15) is 11.2 Å². The quantitative estimate of drug-likeness (QED) is 0.712. The second-order valence-electron chi connectivity index (χ2n) is 7.73. The van der Waals surface area contributed by atoms with E-state index < -0.39 is 0 Å². The fourth-order valence-corrected chi connectivity index (χ4v) is 3.09. The molecule has 2 heterocycles. The van der Waals surface area contributed by atoms with Crippen LogP contribution in [0, 0.1) is 6.92 Å². The summed E-state index contributed by atoms with van der Waals surface area (Å²) < 4.78 is 3.28. The van der Waals surface area contributed by atoms with E-state index in [9.17, 15) is 9.59 Å². The number of hydrogen-bond donors (Lipinski definition) is 1. The van der Waals surface area contributed by atoms with Crippen LogP contribution in [0.3, 0.4) is 0 Å². The molecule has 1 amide bonds. The molecule has 3 rings (SSSR count). The lowest BCUT2D eigenvalue weighted by molar-refractivity contribution is -0.121. The summed E-state index contributed by atoms with van der Waals surface area (Å²) >= 11 is 5.86. The van der Waals surface area contributed by atoms with Crippen LogP contribution in [0.4, 0.5) is 0 Å². The number of halogens is 1. The molecule has 1 aromatic carbocycles. The SMILES string of the molecule is Cc1nc2c(cnn2C(C)(C)C)c(=O)n1CCC(=O)NCc1ccc(Cl)cc1. The maximum absolute atomic E-state index is 12.8. The molecule has 0 spiro atoms. The van der Waals surface area contributed by atoms with Crippen LogP contribution in [0.1, 0.15) is 38.6 Å². The van der Waals surface area contributed by atoms with Crippen LogP contribution in [0.5, 0.6) is 0 Å². The molecule has 0 fully saturated rings. The Balaban J connectivity index is 1.71. The fraction of sp³-hybridized carbons (Fsp3) is 0.400. The molecule has 0 unspecified atom stereocenters. The second-order valence-corrected chi connectivity index (χ2v) is 8.17. The van der Waals surface area contributed by atoms with Crippen LogP contribution in [-0.4, -0.2) is 25.2 Å². The number of hydrogen-bond acceptors (Lipinski definition) is 4. The van der Waals surface area contributed by atoms with Crippen molar-refractivity contribution in [3.05, 3.63) is 57.2 Å². The smallest absolute Gasteiger partial charge is 0.264 e. The van der Waals surface area contributed by atoms with Crippen molar-refractivity contribution in [2.45, 2.75) is 52.7 Å². The van der Waals surface area contributed by atoms with Gasteiger partial charge in [-0.05, 0) is 45.4 Å². The average molecular weight is 402 g/mol. The van der Waals surface area contributed by atoms with Crippen molar-refractivity contribution in [3.8, 4) is 0 Å². The number of aryl methyl sites for hydroxylation is 1. The first kappa shape index (κ1) is 20.1. The van der Waals surface area contributed by atoms with E-state index in [2.05, 4.69) is 15.4 Å². The van der Waals surface area contributed by atoms with Gasteiger partial charge < -0.3 is 5.32 Å². The standard InChI is InChI=1S/C20H24ClN5O2/c1-13-24-18-16(12-23-26(18)20(2,3)4)19(28)25(13)10-9-17(27)22-11-14-5-7-15(21)8-6-14/h5-8,12H,9-11H2,1-4H3,(H,22,27). The van der Waals surface area contributed by atoms with Gasteiger partial charge in [-0.3, -0.25) is 14.2 Å². The third kappa shape index (κ3) is 4.25. The maximum atomic E-state index is 12.8. The largest absolute Gasteiger partial charge is 0.352 e. The average Bonchev–Trinajstić information content (AvgIpc) is 3.05. The minimum Gasteiger partial charge on any atom is -0.352 e. The van der Waals surface area contributed by atoms with Gasteiger partial charge in [-0.1, -0.05) is 23.7 Å². The number of benzene rings is 1.